The van der Waals surface area contributed by atoms with Gasteiger partial charge >= 0.3 is 0 Å². The molecule has 2 nitrogen and oxygen atoms in total. The zero-order valence-corrected chi connectivity index (χ0v) is 10.9. The summed E-state index contributed by atoms with van der Waals surface area (Å²) in [5.41, 5.74) is 1.14. The third-order valence-electron chi connectivity index (χ3n) is 3.85. The third-order valence-corrected chi connectivity index (χ3v) is 3.85. The van der Waals surface area contributed by atoms with Crippen molar-refractivity contribution in [3.63, 3.8) is 0 Å². The minimum Gasteiger partial charge on any atom is -0.289 e. The molecule has 1 aliphatic rings. The van der Waals surface area contributed by atoms with Crippen LogP contribution in [0.1, 0.15) is 31.8 Å². The first-order chi connectivity index (χ1) is 10.1. The Labute approximate surface area is 119 Å². The Kier molecular flexibility index (Phi) is 2.33. The van der Waals surface area contributed by atoms with E-state index in [0.29, 0.717) is 11.1 Å². The molecule has 0 amide bonds. The Morgan fingerprint density at radius 1 is 0.619 bits per heavy atom. The van der Waals surface area contributed by atoms with Crippen LogP contribution >= 0.6 is 0 Å². The number of benzene rings is 3. The fourth-order valence-corrected chi connectivity index (χ4v) is 2.81. The molecule has 3 aromatic carbocycles. The maximum absolute atomic E-state index is 13.4. The predicted molar refractivity (Wildman–Crippen MR) is 77.2 cm³/mol. The van der Waals surface area contributed by atoms with Crippen LogP contribution in [0.3, 0.4) is 0 Å². The smallest absolute Gasteiger partial charge is 0.194 e. The van der Waals surface area contributed by atoms with Crippen molar-refractivity contribution >= 4 is 22.3 Å². The Hall–Kier alpha value is -2.81. The predicted octanol–water partition coefficient (Wildman–Crippen LogP) is 3.75. The lowest BCUT2D eigenvalue weighted by molar-refractivity contribution is 0.0979. The number of fused-ring (bicyclic) bond motifs is 3. The summed E-state index contributed by atoms with van der Waals surface area (Å²) in [4.78, 5) is 25.1. The highest BCUT2D eigenvalue weighted by atomic mass is 19.1. The molecule has 0 N–H and O–H groups in total. The van der Waals surface area contributed by atoms with Gasteiger partial charge in [-0.25, -0.2) is 4.39 Å². The van der Waals surface area contributed by atoms with E-state index in [1.165, 1.54) is 12.1 Å². The van der Waals surface area contributed by atoms with E-state index in [1.54, 1.807) is 12.1 Å². The molecule has 1 aliphatic carbocycles. The molecule has 4 rings (SSSR count). The van der Waals surface area contributed by atoms with Crippen molar-refractivity contribution in [2.75, 3.05) is 0 Å². The Morgan fingerprint density at radius 3 is 1.76 bits per heavy atom. The van der Waals surface area contributed by atoms with Gasteiger partial charge in [0.25, 0.3) is 0 Å². The van der Waals surface area contributed by atoms with E-state index in [2.05, 4.69) is 0 Å². The fraction of sp³-hybridized carbons (Fsp3) is 0. The van der Waals surface area contributed by atoms with Crippen LogP contribution in [-0.2, 0) is 0 Å². The number of carbonyl (C=O) groups excluding carboxylic acids is 2. The molecule has 0 spiro atoms. The van der Waals surface area contributed by atoms with Crippen molar-refractivity contribution in [1.82, 2.24) is 0 Å². The maximum Gasteiger partial charge on any atom is 0.194 e. The minimum absolute atomic E-state index is 0.141. The molecule has 0 saturated heterocycles. The second-order valence-corrected chi connectivity index (χ2v) is 5.09. The molecule has 0 saturated carbocycles. The summed E-state index contributed by atoms with van der Waals surface area (Å²) >= 11 is 0. The summed E-state index contributed by atoms with van der Waals surface area (Å²) < 4.78 is 13.4. The van der Waals surface area contributed by atoms with Crippen molar-refractivity contribution in [1.29, 1.82) is 0 Å². The van der Waals surface area contributed by atoms with Gasteiger partial charge in [-0.1, -0.05) is 24.3 Å². The van der Waals surface area contributed by atoms with E-state index in [4.69, 9.17) is 0 Å². The summed E-state index contributed by atoms with van der Waals surface area (Å²) in [6.07, 6.45) is 0. The molecule has 0 heterocycles. The summed E-state index contributed by atoms with van der Waals surface area (Å²) in [6.45, 7) is 0. The summed E-state index contributed by atoms with van der Waals surface area (Å²) in [5.74, 6) is -1.05. The van der Waals surface area contributed by atoms with Gasteiger partial charge in [0.05, 0.1) is 0 Å². The van der Waals surface area contributed by atoms with Crippen LogP contribution in [0, 0.1) is 5.82 Å². The highest BCUT2D eigenvalue weighted by Crippen LogP contribution is 2.30. The molecule has 3 aromatic rings. The van der Waals surface area contributed by atoms with Gasteiger partial charge in [-0.3, -0.25) is 9.59 Å². The van der Waals surface area contributed by atoms with Gasteiger partial charge in [0.1, 0.15) is 5.82 Å². The van der Waals surface area contributed by atoms with Gasteiger partial charge in [0, 0.05) is 22.3 Å². The second-order valence-electron chi connectivity index (χ2n) is 5.09. The van der Waals surface area contributed by atoms with Gasteiger partial charge in [-0.15, -0.1) is 0 Å². The number of hydrogen-bond donors (Lipinski definition) is 0. The fourth-order valence-electron chi connectivity index (χ4n) is 2.81. The van der Waals surface area contributed by atoms with Gasteiger partial charge in [-0.05, 0) is 41.1 Å². The van der Waals surface area contributed by atoms with Crippen LogP contribution in [0.4, 0.5) is 4.39 Å². The Balaban J connectivity index is 2.06. The van der Waals surface area contributed by atoms with Crippen LogP contribution in [0.5, 0.6) is 0 Å². The maximum atomic E-state index is 13.4. The number of ketones is 2. The Morgan fingerprint density at radius 2 is 1.14 bits per heavy atom. The van der Waals surface area contributed by atoms with Crippen LogP contribution in [0.15, 0.2) is 54.6 Å². The van der Waals surface area contributed by atoms with E-state index in [0.717, 1.165) is 16.8 Å². The molecule has 0 aliphatic heterocycles. The van der Waals surface area contributed by atoms with Gasteiger partial charge in [-0.2, -0.15) is 0 Å². The first-order valence-corrected chi connectivity index (χ1v) is 6.57. The molecule has 0 bridgehead atoms. The van der Waals surface area contributed by atoms with Crippen molar-refractivity contribution in [3.8, 4) is 0 Å². The van der Waals surface area contributed by atoms with Gasteiger partial charge < -0.3 is 0 Å². The van der Waals surface area contributed by atoms with Crippen LogP contribution in [-0.4, -0.2) is 11.6 Å². The van der Waals surface area contributed by atoms with E-state index in [1.807, 2.05) is 24.3 Å². The number of hydrogen-bond acceptors (Lipinski definition) is 2. The number of halogens is 1. The van der Waals surface area contributed by atoms with E-state index in [-0.39, 0.29) is 22.7 Å². The molecular weight excluding hydrogens is 267 g/mol. The highest BCUT2D eigenvalue weighted by molar-refractivity contribution is 6.29. The molecule has 21 heavy (non-hydrogen) atoms. The molecule has 0 atom stereocenters. The van der Waals surface area contributed by atoms with Crippen molar-refractivity contribution in [3.05, 3.63) is 82.7 Å². The zero-order chi connectivity index (χ0) is 14.6. The molecular formula is C18H9FO2. The lowest BCUT2D eigenvalue weighted by Gasteiger charge is -2.18. The first-order valence-electron chi connectivity index (χ1n) is 6.57. The SMILES string of the molecule is O=C1c2ccc(F)cc2C(=O)c2cc3ccccc3cc21. The van der Waals surface area contributed by atoms with Crippen molar-refractivity contribution < 1.29 is 14.0 Å². The highest BCUT2D eigenvalue weighted by Gasteiger charge is 2.30. The Bertz CT molecular complexity index is 941. The monoisotopic (exact) mass is 276 g/mol. The van der Waals surface area contributed by atoms with Crippen LogP contribution < -0.4 is 0 Å². The molecule has 0 unspecified atom stereocenters. The summed E-state index contributed by atoms with van der Waals surface area (Å²) in [6, 6.07) is 14.7. The average molecular weight is 276 g/mol. The topological polar surface area (TPSA) is 34.1 Å². The van der Waals surface area contributed by atoms with E-state index in [9.17, 15) is 14.0 Å². The molecule has 3 heteroatoms. The molecule has 0 fully saturated rings. The molecule has 0 radical (unpaired) electrons. The minimum atomic E-state index is -0.515. The lowest BCUT2D eigenvalue weighted by atomic mass is 9.83. The largest absolute Gasteiger partial charge is 0.289 e. The molecule has 0 aromatic heterocycles. The quantitative estimate of drug-likeness (QED) is 0.490. The van der Waals surface area contributed by atoms with E-state index >= 15 is 0 Å². The summed E-state index contributed by atoms with van der Waals surface area (Å²) in [5, 5.41) is 1.79. The third kappa shape index (κ3) is 1.64. The summed E-state index contributed by atoms with van der Waals surface area (Å²) in [7, 11) is 0. The number of carbonyl (C=O) groups is 2. The van der Waals surface area contributed by atoms with Crippen LogP contribution in [0.25, 0.3) is 10.8 Å². The first kappa shape index (κ1) is 12.0. The lowest BCUT2D eigenvalue weighted by Crippen LogP contribution is -2.21. The van der Waals surface area contributed by atoms with Crippen molar-refractivity contribution in [2.45, 2.75) is 0 Å². The standard InChI is InChI=1S/C18H9FO2/c19-12-5-6-13-16(9-12)18(21)15-8-11-4-2-1-3-10(11)7-14(15)17(13)20/h1-9H. The van der Waals surface area contributed by atoms with Gasteiger partial charge in [0.2, 0.25) is 0 Å². The zero-order valence-electron chi connectivity index (χ0n) is 10.9. The van der Waals surface area contributed by atoms with Crippen LogP contribution in [0.2, 0.25) is 0 Å². The normalized spacial score (nSPS) is 13.2. The number of rotatable bonds is 0. The average Bonchev–Trinajstić information content (AvgIpc) is 2.51. The van der Waals surface area contributed by atoms with E-state index < -0.39 is 5.82 Å². The van der Waals surface area contributed by atoms with Crippen molar-refractivity contribution in [2.24, 2.45) is 0 Å². The second kappa shape index (κ2) is 4.09. The molecule has 100 valence electrons. The van der Waals surface area contributed by atoms with Gasteiger partial charge in [0.15, 0.2) is 11.6 Å².